The van der Waals surface area contributed by atoms with Gasteiger partial charge in [-0.15, -0.1) is 0 Å². The van der Waals surface area contributed by atoms with Gasteiger partial charge < -0.3 is 15.8 Å². The summed E-state index contributed by atoms with van der Waals surface area (Å²) in [6, 6.07) is 1.95. The first-order chi connectivity index (χ1) is 10.0. The predicted molar refractivity (Wildman–Crippen MR) is 84.2 cm³/mol. The van der Waals surface area contributed by atoms with Crippen molar-refractivity contribution in [2.75, 3.05) is 17.7 Å². The van der Waals surface area contributed by atoms with Crippen LogP contribution in [0.5, 0.6) is 0 Å². The number of anilines is 2. The lowest BCUT2D eigenvalue weighted by Gasteiger charge is -2.35. The summed E-state index contributed by atoms with van der Waals surface area (Å²) in [6.07, 6.45) is 5.18. The molecule has 5 heteroatoms. The average Bonchev–Trinajstić information content (AvgIpc) is 2.46. The summed E-state index contributed by atoms with van der Waals surface area (Å²) in [5.74, 6) is 1.44. The van der Waals surface area contributed by atoms with Crippen LogP contribution < -0.4 is 11.1 Å². The molecule has 1 aromatic rings. The van der Waals surface area contributed by atoms with Gasteiger partial charge in [-0.25, -0.2) is 9.78 Å². The minimum Gasteiger partial charge on any atom is -0.462 e. The highest BCUT2D eigenvalue weighted by molar-refractivity contribution is 5.97. The minimum atomic E-state index is -0.398. The molecule has 0 radical (unpaired) electrons. The Bertz CT molecular complexity index is 504. The number of hydrogen-bond donors (Lipinski definition) is 2. The highest BCUT2D eigenvalue weighted by atomic mass is 16.5. The molecule has 2 rings (SSSR count). The number of rotatable bonds is 4. The maximum absolute atomic E-state index is 11.9. The average molecular weight is 291 g/mol. The summed E-state index contributed by atoms with van der Waals surface area (Å²) in [5.41, 5.74) is 6.84. The largest absolute Gasteiger partial charge is 0.462 e. The fourth-order valence-electron chi connectivity index (χ4n) is 2.94. The van der Waals surface area contributed by atoms with Crippen LogP contribution in [0.1, 0.15) is 50.4 Å². The molecule has 0 spiro atoms. The van der Waals surface area contributed by atoms with Crippen LogP contribution in [0.15, 0.2) is 12.3 Å². The molecule has 1 saturated carbocycles. The normalized spacial score (nSPS) is 25.4. The van der Waals surface area contributed by atoms with E-state index in [9.17, 15) is 4.79 Å². The first kappa shape index (κ1) is 15.6. The van der Waals surface area contributed by atoms with E-state index in [4.69, 9.17) is 10.5 Å². The number of esters is 1. The molecule has 0 bridgehead atoms. The van der Waals surface area contributed by atoms with Crippen LogP contribution in [0.25, 0.3) is 0 Å². The van der Waals surface area contributed by atoms with Crippen molar-refractivity contribution in [1.82, 2.24) is 4.98 Å². The zero-order chi connectivity index (χ0) is 15.4. The van der Waals surface area contributed by atoms with Crippen LogP contribution >= 0.6 is 0 Å². The van der Waals surface area contributed by atoms with Gasteiger partial charge in [0.2, 0.25) is 0 Å². The van der Waals surface area contributed by atoms with Gasteiger partial charge >= 0.3 is 5.97 Å². The Morgan fingerprint density at radius 3 is 2.95 bits per heavy atom. The number of aromatic nitrogens is 1. The Labute approximate surface area is 126 Å². The van der Waals surface area contributed by atoms with E-state index in [1.807, 2.05) is 0 Å². The van der Waals surface area contributed by atoms with E-state index in [0.717, 1.165) is 6.42 Å². The second-order valence-electron chi connectivity index (χ2n) is 5.86. The first-order valence-corrected chi connectivity index (χ1v) is 7.72. The number of nitrogen functional groups attached to an aromatic ring is 1. The number of carbonyl (C=O) groups is 1. The second-order valence-corrected chi connectivity index (χ2v) is 5.86. The molecule has 0 aromatic carbocycles. The van der Waals surface area contributed by atoms with Gasteiger partial charge in [0.15, 0.2) is 0 Å². The van der Waals surface area contributed by atoms with Gasteiger partial charge in [0.05, 0.1) is 17.9 Å². The number of ether oxygens (including phenoxy) is 1. The van der Waals surface area contributed by atoms with Gasteiger partial charge in [-0.1, -0.05) is 26.7 Å². The minimum absolute atomic E-state index is 0.334. The third kappa shape index (κ3) is 3.46. The van der Waals surface area contributed by atoms with Gasteiger partial charge in [-0.2, -0.15) is 0 Å². The Morgan fingerprint density at radius 1 is 1.48 bits per heavy atom. The van der Waals surface area contributed by atoms with Crippen LogP contribution in [-0.2, 0) is 4.74 Å². The standard InChI is InChI=1S/C16H25N3O2/c1-4-21-16(20)12-8-9-18-15(14(12)17)19-13-7-5-6-10(2)11(13)3/h8-11,13H,4-7,17H2,1-3H3,(H,18,19). The summed E-state index contributed by atoms with van der Waals surface area (Å²) in [6.45, 7) is 6.65. The van der Waals surface area contributed by atoms with E-state index < -0.39 is 5.97 Å². The van der Waals surface area contributed by atoms with Crippen molar-refractivity contribution in [2.24, 2.45) is 11.8 Å². The number of nitrogens with zero attached hydrogens (tertiary/aromatic N) is 1. The Balaban J connectivity index is 2.17. The first-order valence-electron chi connectivity index (χ1n) is 7.72. The number of nitrogens with two attached hydrogens (primary N) is 1. The molecule has 0 aliphatic heterocycles. The molecule has 1 aliphatic rings. The second kappa shape index (κ2) is 6.78. The fourth-order valence-corrected chi connectivity index (χ4v) is 2.94. The Morgan fingerprint density at radius 2 is 2.24 bits per heavy atom. The van der Waals surface area contributed by atoms with E-state index in [1.165, 1.54) is 12.8 Å². The quantitative estimate of drug-likeness (QED) is 0.834. The van der Waals surface area contributed by atoms with Crippen molar-refractivity contribution < 1.29 is 9.53 Å². The molecule has 1 aliphatic carbocycles. The molecule has 3 unspecified atom stereocenters. The smallest absolute Gasteiger partial charge is 0.340 e. The van der Waals surface area contributed by atoms with E-state index >= 15 is 0 Å². The van der Waals surface area contributed by atoms with Gasteiger partial charge in [0.25, 0.3) is 0 Å². The number of hydrogen-bond acceptors (Lipinski definition) is 5. The topological polar surface area (TPSA) is 77.2 Å². The van der Waals surface area contributed by atoms with Crippen LogP contribution in [0.2, 0.25) is 0 Å². The van der Waals surface area contributed by atoms with E-state index in [1.54, 1.807) is 19.2 Å². The van der Waals surface area contributed by atoms with Crippen LogP contribution in [0.4, 0.5) is 11.5 Å². The predicted octanol–water partition coefficient (Wildman–Crippen LogP) is 3.08. The monoisotopic (exact) mass is 291 g/mol. The van der Waals surface area contributed by atoms with E-state index in [2.05, 4.69) is 24.1 Å². The molecule has 116 valence electrons. The molecule has 1 fully saturated rings. The molecule has 5 nitrogen and oxygen atoms in total. The lowest BCUT2D eigenvalue weighted by molar-refractivity contribution is 0.0527. The summed E-state index contributed by atoms with van der Waals surface area (Å²) in [4.78, 5) is 16.2. The van der Waals surface area contributed by atoms with Gasteiger partial charge in [-0.05, 0) is 31.2 Å². The molecule has 0 saturated heterocycles. The van der Waals surface area contributed by atoms with Crippen molar-refractivity contribution in [3.63, 3.8) is 0 Å². The molecule has 3 N–H and O–H groups in total. The zero-order valence-corrected chi connectivity index (χ0v) is 13.1. The number of nitrogens with one attached hydrogen (secondary N) is 1. The lowest BCUT2D eigenvalue weighted by Crippen LogP contribution is -2.35. The van der Waals surface area contributed by atoms with Crippen molar-refractivity contribution >= 4 is 17.5 Å². The van der Waals surface area contributed by atoms with Crippen molar-refractivity contribution in [3.8, 4) is 0 Å². The number of pyridine rings is 1. The molecule has 1 heterocycles. The number of carbonyl (C=O) groups excluding carboxylic acids is 1. The molecule has 21 heavy (non-hydrogen) atoms. The fraction of sp³-hybridized carbons (Fsp3) is 0.625. The summed E-state index contributed by atoms with van der Waals surface area (Å²) in [5, 5.41) is 3.42. The van der Waals surface area contributed by atoms with E-state index in [0.29, 0.717) is 41.6 Å². The molecule has 0 amide bonds. The van der Waals surface area contributed by atoms with Crippen molar-refractivity contribution in [1.29, 1.82) is 0 Å². The van der Waals surface area contributed by atoms with E-state index in [-0.39, 0.29) is 0 Å². The highest BCUT2D eigenvalue weighted by Gasteiger charge is 2.28. The molecular weight excluding hydrogens is 266 g/mol. The SMILES string of the molecule is CCOC(=O)c1ccnc(NC2CCCC(C)C2C)c1N. The molecule has 1 aromatic heterocycles. The third-order valence-electron chi connectivity index (χ3n) is 4.51. The lowest BCUT2D eigenvalue weighted by atomic mass is 9.78. The van der Waals surface area contributed by atoms with Crippen molar-refractivity contribution in [2.45, 2.75) is 46.1 Å². The van der Waals surface area contributed by atoms with Gasteiger partial charge in [-0.3, -0.25) is 0 Å². The zero-order valence-electron chi connectivity index (χ0n) is 13.1. The molecule has 3 atom stereocenters. The summed E-state index contributed by atoms with van der Waals surface area (Å²) >= 11 is 0. The van der Waals surface area contributed by atoms with Gasteiger partial charge in [0, 0.05) is 12.2 Å². The Kier molecular flexibility index (Phi) is 5.04. The summed E-state index contributed by atoms with van der Waals surface area (Å²) in [7, 11) is 0. The Hall–Kier alpha value is -1.78. The van der Waals surface area contributed by atoms with Crippen LogP contribution in [0.3, 0.4) is 0 Å². The van der Waals surface area contributed by atoms with Crippen LogP contribution in [-0.4, -0.2) is 23.6 Å². The third-order valence-corrected chi connectivity index (χ3v) is 4.51. The van der Waals surface area contributed by atoms with Crippen molar-refractivity contribution in [3.05, 3.63) is 17.8 Å². The maximum atomic E-state index is 11.9. The summed E-state index contributed by atoms with van der Waals surface area (Å²) < 4.78 is 5.02. The maximum Gasteiger partial charge on any atom is 0.340 e. The van der Waals surface area contributed by atoms with Gasteiger partial charge in [0.1, 0.15) is 5.82 Å². The van der Waals surface area contributed by atoms with Crippen LogP contribution in [0, 0.1) is 11.8 Å². The molecular formula is C16H25N3O2. The highest BCUT2D eigenvalue weighted by Crippen LogP contribution is 2.32.